The van der Waals surface area contributed by atoms with Crippen molar-refractivity contribution in [3.05, 3.63) is 59.0 Å². The molecule has 0 radical (unpaired) electrons. The standard InChI is InChI=1S/C18H16N8O3/c1-9-17(23-25-26(9)8-15-20-10(2)29-24-15)22-18(28)14-7-12(16(19)27)11-5-3-4-6-13(11)21-14/h3-7H,8H2,1-2H3,(H2,19,27)(H,22,28). The monoisotopic (exact) mass is 392 g/mol. The molecular formula is C18H16N8O3. The van der Waals surface area contributed by atoms with Crippen LogP contribution < -0.4 is 11.1 Å². The van der Waals surface area contributed by atoms with Gasteiger partial charge in [0.2, 0.25) is 11.8 Å². The molecule has 0 saturated carbocycles. The highest BCUT2D eigenvalue weighted by molar-refractivity contribution is 6.10. The van der Waals surface area contributed by atoms with Gasteiger partial charge in [0, 0.05) is 12.3 Å². The van der Waals surface area contributed by atoms with Gasteiger partial charge in [0.1, 0.15) is 12.2 Å². The Morgan fingerprint density at radius 1 is 1.21 bits per heavy atom. The number of para-hydroxylation sites is 1. The summed E-state index contributed by atoms with van der Waals surface area (Å²) in [7, 11) is 0. The summed E-state index contributed by atoms with van der Waals surface area (Å²) in [4.78, 5) is 32.9. The van der Waals surface area contributed by atoms with Crippen LogP contribution in [0.2, 0.25) is 0 Å². The van der Waals surface area contributed by atoms with Crippen LogP contribution in [0.25, 0.3) is 10.9 Å². The number of hydrogen-bond donors (Lipinski definition) is 2. The highest BCUT2D eigenvalue weighted by Gasteiger charge is 2.18. The Bertz CT molecular complexity index is 1240. The van der Waals surface area contributed by atoms with Crippen LogP contribution in [0.15, 0.2) is 34.9 Å². The SMILES string of the molecule is Cc1nc(Cn2nnc(NC(=O)c3cc(C(N)=O)c4ccccc4n3)c2C)no1. The lowest BCUT2D eigenvalue weighted by Gasteiger charge is -2.07. The number of anilines is 1. The van der Waals surface area contributed by atoms with Gasteiger partial charge in [-0.15, -0.1) is 5.10 Å². The normalized spacial score (nSPS) is 11.0. The second-order valence-corrected chi connectivity index (χ2v) is 6.30. The van der Waals surface area contributed by atoms with Gasteiger partial charge in [0.15, 0.2) is 11.6 Å². The van der Waals surface area contributed by atoms with Crippen LogP contribution in [0.4, 0.5) is 5.82 Å². The van der Waals surface area contributed by atoms with Gasteiger partial charge in [-0.2, -0.15) is 4.98 Å². The summed E-state index contributed by atoms with van der Waals surface area (Å²) in [5, 5.41) is 15.0. The quantitative estimate of drug-likeness (QED) is 0.514. The number of amides is 2. The van der Waals surface area contributed by atoms with E-state index in [-0.39, 0.29) is 23.6 Å². The molecule has 0 aliphatic rings. The summed E-state index contributed by atoms with van der Waals surface area (Å²) in [5.41, 5.74) is 6.80. The Kier molecular flexibility index (Phi) is 4.47. The van der Waals surface area contributed by atoms with E-state index in [1.165, 1.54) is 10.7 Å². The van der Waals surface area contributed by atoms with Gasteiger partial charge < -0.3 is 15.6 Å². The number of benzene rings is 1. The van der Waals surface area contributed by atoms with E-state index in [1.807, 2.05) is 0 Å². The van der Waals surface area contributed by atoms with Crippen LogP contribution in [-0.2, 0) is 6.54 Å². The van der Waals surface area contributed by atoms with Gasteiger partial charge in [0.05, 0.1) is 16.8 Å². The Balaban J connectivity index is 1.61. The predicted octanol–water partition coefficient (Wildman–Crippen LogP) is 1.23. The average molecular weight is 392 g/mol. The smallest absolute Gasteiger partial charge is 0.275 e. The lowest BCUT2D eigenvalue weighted by Crippen LogP contribution is -2.18. The number of nitrogens with zero attached hydrogens (tertiary/aromatic N) is 6. The number of carbonyl (C=O) groups excluding carboxylic acids is 2. The molecule has 0 aliphatic carbocycles. The van der Waals surface area contributed by atoms with E-state index in [4.69, 9.17) is 10.3 Å². The summed E-state index contributed by atoms with van der Waals surface area (Å²) >= 11 is 0. The van der Waals surface area contributed by atoms with E-state index in [2.05, 4.69) is 30.8 Å². The number of primary amides is 1. The van der Waals surface area contributed by atoms with Gasteiger partial charge >= 0.3 is 0 Å². The van der Waals surface area contributed by atoms with Crippen molar-refractivity contribution in [3.63, 3.8) is 0 Å². The lowest BCUT2D eigenvalue weighted by atomic mass is 10.1. The highest BCUT2D eigenvalue weighted by Crippen LogP contribution is 2.19. The molecule has 0 aliphatic heterocycles. The fourth-order valence-electron chi connectivity index (χ4n) is 2.83. The molecule has 0 bridgehead atoms. The van der Waals surface area contributed by atoms with Crippen molar-refractivity contribution >= 4 is 28.5 Å². The minimum absolute atomic E-state index is 0.0419. The Hall–Kier alpha value is -4.15. The molecule has 0 fully saturated rings. The second-order valence-electron chi connectivity index (χ2n) is 6.30. The third kappa shape index (κ3) is 3.52. The molecular weight excluding hydrogens is 376 g/mol. The Morgan fingerprint density at radius 3 is 2.72 bits per heavy atom. The lowest BCUT2D eigenvalue weighted by molar-refractivity contribution is 0.100. The molecule has 29 heavy (non-hydrogen) atoms. The Morgan fingerprint density at radius 2 is 2.00 bits per heavy atom. The van der Waals surface area contributed by atoms with E-state index in [0.29, 0.717) is 28.3 Å². The third-order valence-electron chi connectivity index (χ3n) is 4.29. The Labute approximate surface area is 163 Å². The van der Waals surface area contributed by atoms with Crippen LogP contribution in [0, 0.1) is 13.8 Å². The van der Waals surface area contributed by atoms with Gasteiger partial charge in [-0.3, -0.25) is 9.59 Å². The molecule has 11 nitrogen and oxygen atoms in total. The number of aromatic nitrogens is 6. The number of nitrogens with two attached hydrogens (primary N) is 1. The molecule has 0 atom stereocenters. The maximum atomic E-state index is 12.7. The first-order valence-electron chi connectivity index (χ1n) is 8.62. The molecule has 2 amide bonds. The van der Waals surface area contributed by atoms with Gasteiger partial charge in [-0.1, -0.05) is 28.6 Å². The zero-order valence-corrected chi connectivity index (χ0v) is 15.6. The summed E-state index contributed by atoms with van der Waals surface area (Å²) in [6, 6.07) is 8.31. The molecule has 3 N–H and O–H groups in total. The highest BCUT2D eigenvalue weighted by atomic mass is 16.5. The van der Waals surface area contributed by atoms with Crippen molar-refractivity contribution in [2.24, 2.45) is 5.73 Å². The molecule has 0 spiro atoms. The average Bonchev–Trinajstić information content (AvgIpc) is 3.27. The van der Waals surface area contributed by atoms with Crippen LogP contribution in [0.1, 0.15) is 38.3 Å². The maximum absolute atomic E-state index is 12.7. The van der Waals surface area contributed by atoms with Crippen molar-refractivity contribution in [2.45, 2.75) is 20.4 Å². The predicted molar refractivity (Wildman–Crippen MR) is 101 cm³/mol. The van der Waals surface area contributed by atoms with Crippen molar-refractivity contribution in [2.75, 3.05) is 5.32 Å². The van der Waals surface area contributed by atoms with Crippen molar-refractivity contribution < 1.29 is 14.1 Å². The van der Waals surface area contributed by atoms with Crippen molar-refractivity contribution in [1.29, 1.82) is 0 Å². The van der Waals surface area contributed by atoms with Crippen molar-refractivity contribution in [3.8, 4) is 0 Å². The summed E-state index contributed by atoms with van der Waals surface area (Å²) < 4.78 is 6.46. The van der Waals surface area contributed by atoms with Crippen LogP contribution >= 0.6 is 0 Å². The number of pyridine rings is 1. The minimum atomic E-state index is -0.643. The number of fused-ring (bicyclic) bond motifs is 1. The number of aryl methyl sites for hydroxylation is 1. The minimum Gasteiger partial charge on any atom is -0.366 e. The zero-order chi connectivity index (χ0) is 20.5. The molecule has 4 aromatic rings. The van der Waals surface area contributed by atoms with Crippen LogP contribution in [0.5, 0.6) is 0 Å². The number of hydrogen-bond acceptors (Lipinski definition) is 8. The van der Waals surface area contributed by atoms with E-state index in [1.54, 1.807) is 38.1 Å². The van der Waals surface area contributed by atoms with Gasteiger partial charge in [-0.05, 0) is 19.1 Å². The van der Waals surface area contributed by atoms with Gasteiger partial charge in [0.25, 0.3) is 5.91 Å². The molecule has 3 aromatic heterocycles. The largest absolute Gasteiger partial charge is 0.366 e. The summed E-state index contributed by atoms with van der Waals surface area (Å²) in [6.45, 7) is 3.67. The number of nitrogens with one attached hydrogen (secondary N) is 1. The topological polar surface area (TPSA) is 155 Å². The summed E-state index contributed by atoms with van der Waals surface area (Å²) in [6.07, 6.45) is 0. The van der Waals surface area contributed by atoms with E-state index in [0.717, 1.165) is 0 Å². The fraction of sp³-hybridized carbons (Fsp3) is 0.167. The molecule has 11 heteroatoms. The van der Waals surface area contributed by atoms with E-state index < -0.39 is 11.8 Å². The molecule has 3 heterocycles. The number of rotatable bonds is 5. The number of carbonyl (C=O) groups is 2. The van der Waals surface area contributed by atoms with Crippen molar-refractivity contribution in [1.82, 2.24) is 30.1 Å². The van der Waals surface area contributed by atoms with E-state index in [9.17, 15) is 9.59 Å². The first-order chi connectivity index (χ1) is 13.9. The molecule has 0 saturated heterocycles. The van der Waals surface area contributed by atoms with E-state index >= 15 is 0 Å². The molecule has 0 unspecified atom stereocenters. The maximum Gasteiger partial charge on any atom is 0.275 e. The molecule has 4 rings (SSSR count). The van der Waals surface area contributed by atoms with Gasteiger partial charge in [-0.25, -0.2) is 9.67 Å². The second kappa shape index (κ2) is 7.11. The van der Waals surface area contributed by atoms with Crippen LogP contribution in [0.3, 0.4) is 0 Å². The first kappa shape index (κ1) is 18.2. The first-order valence-corrected chi connectivity index (χ1v) is 8.62. The zero-order valence-electron chi connectivity index (χ0n) is 15.6. The fourth-order valence-corrected chi connectivity index (χ4v) is 2.83. The third-order valence-corrected chi connectivity index (χ3v) is 4.29. The summed E-state index contributed by atoms with van der Waals surface area (Å²) in [5.74, 6) is -0.0422. The van der Waals surface area contributed by atoms with Crippen LogP contribution in [-0.4, -0.2) is 41.9 Å². The molecule has 1 aromatic carbocycles. The molecule has 146 valence electrons.